The van der Waals surface area contributed by atoms with Crippen LogP contribution in [0.4, 0.5) is 13.2 Å². The molecule has 0 amide bonds. The lowest BCUT2D eigenvalue weighted by Crippen LogP contribution is -2.40. The minimum Gasteiger partial charge on any atom is -0.469 e. The van der Waals surface area contributed by atoms with E-state index in [0.29, 0.717) is 5.56 Å². The zero-order chi connectivity index (χ0) is 20.8. The van der Waals surface area contributed by atoms with Crippen LogP contribution in [0.3, 0.4) is 0 Å². The van der Waals surface area contributed by atoms with Gasteiger partial charge in [-0.1, -0.05) is 31.0 Å². The number of hydrogen-bond donors (Lipinski definition) is 1. The van der Waals surface area contributed by atoms with E-state index in [9.17, 15) is 27.9 Å². The number of methoxy groups -OCH3 is 1. The third-order valence-corrected chi connectivity index (χ3v) is 5.21. The Balaban J connectivity index is 2.13. The van der Waals surface area contributed by atoms with Crippen LogP contribution in [-0.4, -0.2) is 35.9 Å². The maximum Gasteiger partial charge on any atom is 0.573 e. The van der Waals surface area contributed by atoms with Gasteiger partial charge in [0, 0.05) is 6.42 Å². The van der Waals surface area contributed by atoms with Crippen LogP contribution < -0.4 is 4.74 Å². The second-order valence-corrected chi connectivity index (χ2v) is 7.21. The Hall–Kier alpha value is -2.09. The van der Waals surface area contributed by atoms with Gasteiger partial charge in [-0.2, -0.15) is 0 Å². The molecule has 1 aromatic carbocycles. The Morgan fingerprint density at radius 3 is 2.43 bits per heavy atom. The predicted octanol–water partition coefficient (Wildman–Crippen LogP) is 3.96. The maximum absolute atomic E-state index is 12.6. The van der Waals surface area contributed by atoms with E-state index < -0.39 is 30.1 Å². The first-order chi connectivity index (χ1) is 13.1. The molecule has 0 spiro atoms. The van der Waals surface area contributed by atoms with Crippen molar-refractivity contribution < 1.29 is 37.3 Å². The van der Waals surface area contributed by atoms with E-state index in [1.54, 1.807) is 6.07 Å². The molecule has 0 aliphatic heterocycles. The van der Waals surface area contributed by atoms with Crippen molar-refractivity contribution in [1.82, 2.24) is 0 Å². The molecule has 1 atom stereocenters. The highest BCUT2D eigenvalue weighted by Gasteiger charge is 2.40. The van der Waals surface area contributed by atoms with E-state index in [-0.39, 0.29) is 30.9 Å². The number of halogens is 3. The number of para-hydroxylation sites is 1. The van der Waals surface area contributed by atoms with Crippen LogP contribution in [-0.2, 0) is 20.7 Å². The molecule has 0 heterocycles. The number of carbonyl (C=O) groups is 2. The van der Waals surface area contributed by atoms with Gasteiger partial charge in [-0.25, -0.2) is 0 Å². The third kappa shape index (κ3) is 6.51. The Labute approximate surface area is 161 Å². The van der Waals surface area contributed by atoms with Crippen LogP contribution in [0.25, 0.3) is 0 Å². The van der Waals surface area contributed by atoms with E-state index >= 15 is 0 Å². The van der Waals surface area contributed by atoms with Crippen LogP contribution >= 0.6 is 0 Å². The molecule has 0 bridgehead atoms. The van der Waals surface area contributed by atoms with Crippen molar-refractivity contribution >= 4 is 11.8 Å². The standard InChI is InChI=1S/C20H25F3O5/c1-27-18(25)12-16(24)13-19(26,15-7-3-4-8-15)11-10-14-6-2-5-9-17(14)28-20(21,22)23/h2,5-6,9,15,26H,3-4,7-8,10-13H2,1H3. The molecule has 1 saturated carbocycles. The molecule has 8 heteroatoms. The quantitative estimate of drug-likeness (QED) is 0.500. The summed E-state index contributed by atoms with van der Waals surface area (Å²) in [5, 5.41) is 11.2. The summed E-state index contributed by atoms with van der Waals surface area (Å²) in [6.45, 7) is 0. The zero-order valence-corrected chi connectivity index (χ0v) is 15.8. The second-order valence-electron chi connectivity index (χ2n) is 7.21. The number of carbonyl (C=O) groups excluding carboxylic acids is 2. The van der Waals surface area contributed by atoms with Crippen molar-refractivity contribution in [2.75, 3.05) is 7.11 Å². The van der Waals surface area contributed by atoms with Crippen molar-refractivity contribution in [3.8, 4) is 5.75 Å². The summed E-state index contributed by atoms with van der Waals surface area (Å²) in [6.07, 6.45) is -1.93. The van der Waals surface area contributed by atoms with E-state index in [4.69, 9.17) is 0 Å². The maximum atomic E-state index is 12.6. The number of hydrogen-bond acceptors (Lipinski definition) is 5. The average molecular weight is 402 g/mol. The average Bonchev–Trinajstić information content (AvgIpc) is 3.15. The number of aliphatic hydroxyl groups is 1. The summed E-state index contributed by atoms with van der Waals surface area (Å²) in [6, 6.07) is 5.76. The van der Waals surface area contributed by atoms with Crippen molar-refractivity contribution in [2.45, 2.75) is 63.3 Å². The van der Waals surface area contributed by atoms with Crippen molar-refractivity contribution in [3.63, 3.8) is 0 Å². The van der Waals surface area contributed by atoms with Crippen LogP contribution in [0.1, 0.15) is 50.5 Å². The van der Waals surface area contributed by atoms with Crippen molar-refractivity contribution in [2.24, 2.45) is 5.92 Å². The number of alkyl halides is 3. The van der Waals surface area contributed by atoms with Gasteiger partial charge in [0.15, 0.2) is 0 Å². The smallest absolute Gasteiger partial charge is 0.469 e. The summed E-state index contributed by atoms with van der Waals surface area (Å²) in [7, 11) is 1.18. The Kier molecular flexibility index (Phi) is 7.46. The molecule has 1 fully saturated rings. The number of ketones is 1. The second kappa shape index (κ2) is 9.41. The minimum atomic E-state index is -4.81. The number of rotatable bonds is 9. The SMILES string of the molecule is COC(=O)CC(=O)CC(O)(CCc1ccccc1OC(F)(F)F)C1CCCC1. The minimum absolute atomic E-state index is 0.100. The summed E-state index contributed by atoms with van der Waals surface area (Å²) < 4.78 is 46.4. The van der Waals surface area contributed by atoms with Gasteiger partial charge in [-0.15, -0.1) is 13.2 Å². The highest BCUT2D eigenvalue weighted by molar-refractivity contribution is 5.95. The Bertz CT molecular complexity index is 683. The molecule has 1 N–H and O–H groups in total. The van der Waals surface area contributed by atoms with E-state index in [2.05, 4.69) is 9.47 Å². The van der Waals surface area contributed by atoms with Gasteiger partial charge in [0.1, 0.15) is 18.0 Å². The van der Waals surface area contributed by atoms with Crippen molar-refractivity contribution in [3.05, 3.63) is 29.8 Å². The fraction of sp³-hybridized carbons (Fsp3) is 0.600. The topological polar surface area (TPSA) is 72.8 Å². The lowest BCUT2D eigenvalue weighted by molar-refractivity contribution is -0.274. The first kappa shape index (κ1) is 22.2. The van der Waals surface area contributed by atoms with Crippen LogP contribution in [0.15, 0.2) is 24.3 Å². The first-order valence-electron chi connectivity index (χ1n) is 9.27. The normalized spacial score (nSPS) is 17.2. The van der Waals surface area contributed by atoms with E-state index in [0.717, 1.165) is 25.7 Å². The van der Waals surface area contributed by atoms with Gasteiger partial charge in [-0.05, 0) is 43.2 Å². The highest BCUT2D eigenvalue weighted by atomic mass is 19.4. The first-order valence-corrected chi connectivity index (χ1v) is 9.27. The predicted molar refractivity (Wildman–Crippen MR) is 94.6 cm³/mol. The molecular formula is C20H25F3O5. The lowest BCUT2D eigenvalue weighted by Gasteiger charge is -2.34. The molecule has 2 rings (SSSR count). The monoisotopic (exact) mass is 402 g/mol. The van der Waals surface area contributed by atoms with Crippen molar-refractivity contribution in [1.29, 1.82) is 0 Å². The molecule has 0 aromatic heterocycles. The Morgan fingerprint density at radius 1 is 1.18 bits per heavy atom. The molecule has 0 radical (unpaired) electrons. The van der Waals surface area contributed by atoms with Gasteiger partial charge in [0.05, 0.1) is 12.7 Å². The molecule has 1 aliphatic rings. The number of Topliss-reactive ketones (excluding diaryl/α,β-unsaturated/α-hetero) is 1. The molecule has 0 saturated heterocycles. The number of esters is 1. The van der Waals surface area contributed by atoms with Gasteiger partial charge in [0.25, 0.3) is 0 Å². The van der Waals surface area contributed by atoms with Gasteiger partial charge >= 0.3 is 12.3 Å². The van der Waals surface area contributed by atoms with Gasteiger partial charge < -0.3 is 14.6 Å². The fourth-order valence-electron chi connectivity index (χ4n) is 3.82. The molecule has 156 valence electrons. The largest absolute Gasteiger partial charge is 0.573 e. The highest BCUT2D eigenvalue weighted by Crippen LogP contribution is 2.40. The molecule has 1 aromatic rings. The summed E-state index contributed by atoms with van der Waals surface area (Å²) in [4.78, 5) is 23.6. The Morgan fingerprint density at radius 2 is 1.82 bits per heavy atom. The van der Waals surface area contributed by atoms with Crippen LogP contribution in [0.5, 0.6) is 5.75 Å². The molecule has 1 aliphatic carbocycles. The van der Waals surface area contributed by atoms with Crippen LogP contribution in [0, 0.1) is 5.92 Å². The summed E-state index contributed by atoms with van der Waals surface area (Å²) >= 11 is 0. The summed E-state index contributed by atoms with van der Waals surface area (Å²) in [5.74, 6) is -1.57. The lowest BCUT2D eigenvalue weighted by atomic mass is 9.77. The summed E-state index contributed by atoms with van der Waals surface area (Å²) in [5.41, 5.74) is -1.08. The number of aryl methyl sites for hydroxylation is 1. The fourth-order valence-corrected chi connectivity index (χ4v) is 3.82. The zero-order valence-electron chi connectivity index (χ0n) is 15.8. The molecule has 28 heavy (non-hydrogen) atoms. The van der Waals surface area contributed by atoms with Gasteiger partial charge in [0.2, 0.25) is 0 Å². The number of benzene rings is 1. The van der Waals surface area contributed by atoms with E-state index in [1.807, 2.05) is 0 Å². The molecular weight excluding hydrogens is 377 g/mol. The molecule has 5 nitrogen and oxygen atoms in total. The van der Waals surface area contributed by atoms with Crippen LogP contribution in [0.2, 0.25) is 0 Å². The van der Waals surface area contributed by atoms with E-state index in [1.165, 1.54) is 25.3 Å². The molecule has 1 unspecified atom stereocenters. The number of ether oxygens (including phenoxy) is 2. The third-order valence-electron chi connectivity index (χ3n) is 5.21. The van der Waals surface area contributed by atoms with Gasteiger partial charge in [-0.3, -0.25) is 9.59 Å².